The maximum absolute atomic E-state index is 13.1. The summed E-state index contributed by atoms with van der Waals surface area (Å²) in [6.07, 6.45) is 5.56. The quantitative estimate of drug-likeness (QED) is 0.515. The first-order valence-corrected chi connectivity index (χ1v) is 10.7. The minimum Gasteiger partial charge on any atom is -0.306 e. The molecule has 156 valence electrons. The van der Waals surface area contributed by atoms with Crippen LogP contribution in [0.2, 0.25) is 0 Å². The first-order chi connectivity index (χ1) is 14.4. The fourth-order valence-electron chi connectivity index (χ4n) is 4.36. The predicted molar refractivity (Wildman–Crippen MR) is 121 cm³/mol. The van der Waals surface area contributed by atoms with Crippen molar-refractivity contribution in [2.24, 2.45) is 0 Å². The first-order valence-electron chi connectivity index (χ1n) is 10.7. The standard InChI is InChI=1S/C26H30FN3/c1-17(2)21-8-13-25(14-9-21)30-19(4)26(18(3)29-30)22-7-12-24(15-22)28-16-20-5-10-23(27)11-6-20/h5-14,17,22,24,28H,15-16H2,1-4H3/t22-,24+/m0/s1. The third-order valence-electron chi connectivity index (χ3n) is 6.09. The Hall–Kier alpha value is -2.72. The summed E-state index contributed by atoms with van der Waals surface area (Å²) >= 11 is 0. The van der Waals surface area contributed by atoms with Gasteiger partial charge in [-0.2, -0.15) is 5.10 Å². The van der Waals surface area contributed by atoms with Gasteiger partial charge < -0.3 is 5.32 Å². The molecule has 4 heteroatoms. The normalized spacial score (nSPS) is 18.5. The van der Waals surface area contributed by atoms with E-state index in [2.05, 4.69) is 74.1 Å². The van der Waals surface area contributed by atoms with E-state index in [1.807, 2.05) is 12.1 Å². The molecular weight excluding hydrogens is 373 g/mol. The largest absolute Gasteiger partial charge is 0.306 e. The van der Waals surface area contributed by atoms with Gasteiger partial charge in [0.05, 0.1) is 11.4 Å². The van der Waals surface area contributed by atoms with Crippen LogP contribution in [0.15, 0.2) is 60.7 Å². The molecule has 0 bridgehead atoms. The van der Waals surface area contributed by atoms with E-state index in [4.69, 9.17) is 5.10 Å². The van der Waals surface area contributed by atoms with E-state index in [0.717, 1.165) is 29.9 Å². The minimum atomic E-state index is -0.193. The molecule has 0 saturated carbocycles. The van der Waals surface area contributed by atoms with Crippen molar-refractivity contribution in [3.05, 3.63) is 94.6 Å². The van der Waals surface area contributed by atoms with Crippen LogP contribution in [0, 0.1) is 19.7 Å². The molecule has 3 aromatic rings. The zero-order valence-electron chi connectivity index (χ0n) is 18.2. The van der Waals surface area contributed by atoms with Crippen molar-refractivity contribution in [1.82, 2.24) is 15.1 Å². The van der Waals surface area contributed by atoms with E-state index in [1.54, 1.807) is 0 Å². The third kappa shape index (κ3) is 4.24. The Labute approximate surface area is 178 Å². The summed E-state index contributed by atoms with van der Waals surface area (Å²) < 4.78 is 15.2. The number of benzene rings is 2. The summed E-state index contributed by atoms with van der Waals surface area (Å²) in [7, 11) is 0. The molecule has 4 rings (SSSR count). The summed E-state index contributed by atoms with van der Waals surface area (Å²) in [6, 6.07) is 15.7. The second-order valence-electron chi connectivity index (χ2n) is 8.58. The van der Waals surface area contributed by atoms with Gasteiger partial charge in [0.25, 0.3) is 0 Å². The number of nitrogens with one attached hydrogen (secondary N) is 1. The molecule has 1 aliphatic carbocycles. The van der Waals surface area contributed by atoms with Gasteiger partial charge in [0.2, 0.25) is 0 Å². The van der Waals surface area contributed by atoms with Crippen LogP contribution < -0.4 is 5.32 Å². The monoisotopic (exact) mass is 403 g/mol. The predicted octanol–water partition coefficient (Wildman–Crippen LogP) is 5.95. The van der Waals surface area contributed by atoms with E-state index in [-0.39, 0.29) is 5.82 Å². The van der Waals surface area contributed by atoms with Gasteiger partial charge in [-0.1, -0.05) is 50.3 Å². The topological polar surface area (TPSA) is 29.9 Å². The second-order valence-corrected chi connectivity index (χ2v) is 8.58. The van der Waals surface area contributed by atoms with E-state index >= 15 is 0 Å². The smallest absolute Gasteiger partial charge is 0.123 e. The zero-order valence-corrected chi connectivity index (χ0v) is 18.2. The Bertz CT molecular complexity index is 1030. The molecule has 0 spiro atoms. The number of hydrogen-bond donors (Lipinski definition) is 1. The van der Waals surface area contributed by atoms with Crippen molar-refractivity contribution >= 4 is 0 Å². The molecular formula is C26H30FN3. The summed E-state index contributed by atoms with van der Waals surface area (Å²) in [5, 5.41) is 8.43. The highest BCUT2D eigenvalue weighted by atomic mass is 19.1. The Morgan fingerprint density at radius 2 is 1.73 bits per heavy atom. The molecule has 1 N–H and O–H groups in total. The van der Waals surface area contributed by atoms with E-state index in [9.17, 15) is 4.39 Å². The van der Waals surface area contributed by atoms with Gasteiger partial charge in [0, 0.05) is 29.8 Å². The van der Waals surface area contributed by atoms with Crippen LogP contribution in [0.5, 0.6) is 0 Å². The fraction of sp³-hybridized carbons (Fsp3) is 0.346. The van der Waals surface area contributed by atoms with E-state index in [1.165, 1.54) is 29.0 Å². The molecule has 0 fully saturated rings. The highest BCUT2D eigenvalue weighted by Gasteiger charge is 2.26. The lowest BCUT2D eigenvalue weighted by Gasteiger charge is -2.15. The Balaban J connectivity index is 1.46. The number of halogens is 1. The molecule has 2 aromatic carbocycles. The lowest BCUT2D eigenvalue weighted by atomic mass is 9.95. The lowest BCUT2D eigenvalue weighted by molar-refractivity contribution is 0.558. The van der Waals surface area contributed by atoms with Crippen LogP contribution >= 0.6 is 0 Å². The minimum absolute atomic E-state index is 0.193. The summed E-state index contributed by atoms with van der Waals surface area (Å²) in [5.74, 6) is 0.693. The van der Waals surface area contributed by atoms with E-state index < -0.39 is 0 Å². The number of aryl methyl sites for hydroxylation is 1. The number of allylic oxidation sites excluding steroid dienone is 1. The molecule has 30 heavy (non-hydrogen) atoms. The van der Waals surface area contributed by atoms with Gasteiger partial charge in [-0.15, -0.1) is 0 Å². The van der Waals surface area contributed by atoms with Crippen LogP contribution in [0.1, 0.15) is 60.2 Å². The SMILES string of the molecule is Cc1nn(-c2ccc(C(C)C)cc2)c(C)c1[C@H]1C=C[C@@H](NCc2ccc(F)cc2)C1. The van der Waals surface area contributed by atoms with Crippen LogP contribution in [0.4, 0.5) is 4.39 Å². The maximum Gasteiger partial charge on any atom is 0.123 e. The summed E-state index contributed by atoms with van der Waals surface area (Å²) in [5.41, 5.74) is 7.17. The average Bonchev–Trinajstić information content (AvgIpc) is 3.31. The average molecular weight is 404 g/mol. The van der Waals surface area contributed by atoms with Gasteiger partial charge in [-0.3, -0.25) is 0 Å². The maximum atomic E-state index is 13.1. The molecule has 0 saturated heterocycles. The Morgan fingerprint density at radius 3 is 2.40 bits per heavy atom. The molecule has 0 radical (unpaired) electrons. The highest BCUT2D eigenvalue weighted by molar-refractivity contribution is 5.42. The van der Waals surface area contributed by atoms with Crippen molar-refractivity contribution in [3.63, 3.8) is 0 Å². The lowest BCUT2D eigenvalue weighted by Crippen LogP contribution is -2.25. The van der Waals surface area contributed by atoms with Crippen LogP contribution in [0.3, 0.4) is 0 Å². The second kappa shape index (κ2) is 8.57. The molecule has 1 aromatic heterocycles. The van der Waals surface area contributed by atoms with Gasteiger partial charge in [0.15, 0.2) is 0 Å². The number of nitrogens with zero attached hydrogens (tertiary/aromatic N) is 2. The Morgan fingerprint density at radius 1 is 1.03 bits per heavy atom. The van der Waals surface area contributed by atoms with Crippen molar-refractivity contribution in [1.29, 1.82) is 0 Å². The molecule has 1 heterocycles. The number of hydrogen-bond acceptors (Lipinski definition) is 2. The van der Waals surface area contributed by atoms with Crippen molar-refractivity contribution in [3.8, 4) is 5.69 Å². The summed E-state index contributed by atoms with van der Waals surface area (Å²) in [4.78, 5) is 0. The van der Waals surface area contributed by atoms with Crippen LogP contribution in [-0.2, 0) is 6.54 Å². The van der Waals surface area contributed by atoms with Gasteiger partial charge in [0.1, 0.15) is 5.82 Å². The van der Waals surface area contributed by atoms with Crippen LogP contribution in [0.25, 0.3) is 5.69 Å². The number of rotatable bonds is 6. The summed E-state index contributed by atoms with van der Waals surface area (Å²) in [6.45, 7) is 9.43. The van der Waals surface area contributed by atoms with Crippen molar-refractivity contribution in [2.75, 3.05) is 0 Å². The molecule has 3 nitrogen and oxygen atoms in total. The molecule has 0 aliphatic heterocycles. The van der Waals surface area contributed by atoms with E-state index in [0.29, 0.717) is 17.9 Å². The van der Waals surface area contributed by atoms with Gasteiger partial charge in [-0.05, 0) is 61.6 Å². The third-order valence-corrected chi connectivity index (χ3v) is 6.09. The highest BCUT2D eigenvalue weighted by Crippen LogP contribution is 2.34. The first kappa shape index (κ1) is 20.5. The number of aromatic nitrogens is 2. The van der Waals surface area contributed by atoms with Gasteiger partial charge >= 0.3 is 0 Å². The molecule has 2 atom stereocenters. The molecule has 0 amide bonds. The van der Waals surface area contributed by atoms with Crippen LogP contribution in [-0.4, -0.2) is 15.8 Å². The van der Waals surface area contributed by atoms with Crippen molar-refractivity contribution < 1.29 is 4.39 Å². The molecule has 1 aliphatic rings. The zero-order chi connectivity index (χ0) is 21.3. The van der Waals surface area contributed by atoms with Gasteiger partial charge in [-0.25, -0.2) is 9.07 Å². The fourth-order valence-corrected chi connectivity index (χ4v) is 4.36. The van der Waals surface area contributed by atoms with Crippen molar-refractivity contribution in [2.45, 2.75) is 58.5 Å². The molecule has 0 unspecified atom stereocenters. The Kier molecular flexibility index (Phi) is 5.87.